The molecule has 0 radical (unpaired) electrons. The van der Waals surface area contributed by atoms with E-state index >= 15 is 0 Å². The summed E-state index contributed by atoms with van der Waals surface area (Å²) >= 11 is 0. The molecule has 3 heteroatoms. The first-order valence-electron chi connectivity index (χ1n) is 6.26. The summed E-state index contributed by atoms with van der Waals surface area (Å²) in [6.07, 6.45) is 0. The molecule has 2 rings (SSSR count). The van der Waals surface area contributed by atoms with Crippen molar-refractivity contribution < 1.29 is 0 Å². The minimum absolute atomic E-state index is 0.435. The van der Waals surface area contributed by atoms with Crippen molar-refractivity contribution in [1.29, 1.82) is 0 Å². The minimum atomic E-state index is 0.435. The Morgan fingerprint density at radius 2 is 1.65 bits per heavy atom. The average Bonchev–Trinajstić information content (AvgIpc) is 2.54. The molecule has 0 aliphatic heterocycles. The van der Waals surface area contributed by atoms with Gasteiger partial charge in [0, 0.05) is 18.1 Å². The molecule has 0 amide bonds. The summed E-state index contributed by atoms with van der Waals surface area (Å²) in [4.78, 5) is 4.78. The molecule has 92 valence electrons. The van der Waals surface area contributed by atoms with Gasteiger partial charge in [0.2, 0.25) is 0 Å². The molecule has 0 aliphatic rings. The normalized spacial score (nSPS) is 12.0. The third-order valence-electron chi connectivity index (χ3n) is 3.17. The predicted molar refractivity (Wildman–Crippen MR) is 71.4 cm³/mol. The second kappa shape index (κ2) is 4.13. The van der Waals surface area contributed by atoms with Crippen LogP contribution in [0.1, 0.15) is 56.5 Å². The molecule has 0 N–H and O–H groups in total. The van der Waals surface area contributed by atoms with E-state index < -0.39 is 0 Å². The van der Waals surface area contributed by atoms with E-state index in [9.17, 15) is 0 Å². The van der Waals surface area contributed by atoms with Crippen LogP contribution in [-0.2, 0) is 7.05 Å². The fourth-order valence-electron chi connectivity index (χ4n) is 2.33. The standard InChI is InChI=1S/C14H21N3/c1-8(2)12-10(5)7-11-13(9(3)4)16-17(6)14(11)15-12/h7-9H,1-6H3. The maximum atomic E-state index is 4.78. The van der Waals surface area contributed by atoms with Gasteiger partial charge in [-0.1, -0.05) is 27.7 Å². The molecule has 0 aromatic carbocycles. The first-order chi connectivity index (χ1) is 7.91. The van der Waals surface area contributed by atoms with Crippen molar-refractivity contribution in [3.63, 3.8) is 0 Å². The van der Waals surface area contributed by atoms with E-state index in [2.05, 4.69) is 45.8 Å². The number of fused-ring (bicyclic) bond motifs is 1. The Kier molecular flexibility index (Phi) is 2.94. The second-order valence-corrected chi connectivity index (χ2v) is 5.38. The van der Waals surface area contributed by atoms with Crippen LogP contribution in [0, 0.1) is 6.92 Å². The number of hydrogen-bond donors (Lipinski definition) is 0. The molecule has 3 nitrogen and oxygen atoms in total. The van der Waals surface area contributed by atoms with Gasteiger partial charge in [-0.15, -0.1) is 0 Å². The van der Waals surface area contributed by atoms with E-state index in [4.69, 9.17) is 4.98 Å². The summed E-state index contributed by atoms with van der Waals surface area (Å²) in [5.74, 6) is 0.890. The van der Waals surface area contributed by atoms with Gasteiger partial charge in [-0.3, -0.25) is 4.68 Å². The first kappa shape index (κ1) is 12.1. The smallest absolute Gasteiger partial charge is 0.158 e. The van der Waals surface area contributed by atoms with E-state index in [0.717, 1.165) is 11.3 Å². The molecular formula is C14H21N3. The van der Waals surface area contributed by atoms with Crippen molar-refractivity contribution in [3.05, 3.63) is 23.0 Å². The van der Waals surface area contributed by atoms with Crippen LogP contribution >= 0.6 is 0 Å². The molecule has 0 saturated carbocycles. The highest BCUT2D eigenvalue weighted by molar-refractivity contribution is 5.80. The maximum Gasteiger partial charge on any atom is 0.158 e. The summed E-state index contributed by atoms with van der Waals surface area (Å²) in [7, 11) is 1.97. The summed E-state index contributed by atoms with van der Waals surface area (Å²) in [6, 6.07) is 2.24. The van der Waals surface area contributed by atoms with Crippen molar-refractivity contribution in [1.82, 2.24) is 14.8 Å². The average molecular weight is 231 g/mol. The van der Waals surface area contributed by atoms with Crippen LogP contribution in [0.2, 0.25) is 0 Å². The molecular weight excluding hydrogens is 210 g/mol. The number of aryl methyl sites for hydroxylation is 2. The van der Waals surface area contributed by atoms with E-state index in [0.29, 0.717) is 11.8 Å². The number of hydrogen-bond acceptors (Lipinski definition) is 2. The van der Waals surface area contributed by atoms with Crippen LogP contribution in [0.25, 0.3) is 11.0 Å². The second-order valence-electron chi connectivity index (χ2n) is 5.38. The Morgan fingerprint density at radius 3 is 2.18 bits per heavy atom. The predicted octanol–water partition coefficient (Wildman–Crippen LogP) is 3.52. The Balaban J connectivity index is 2.76. The molecule has 0 fully saturated rings. The van der Waals surface area contributed by atoms with E-state index in [1.165, 1.54) is 16.6 Å². The zero-order chi connectivity index (χ0) is 12.7. The van der Waals surface area contributed by atoms with Crippen LogP contribution < -0.4 is 0 Å². The van der Waals surface area contributed by atoms with Gasteiger partial charge in [0.05, 0.1) is 5.69 Å². The molecule has 2 heterocycles. The van der Waals surface area contributed by atoms with Crippen molar-refractivity contribution >= 4 is 11.0 Å². The lowest BCUT2D eigenvalue weighted by molar-refractivity contribution is 0.720. The maximum absolute atomic E-state index is 4.78. The van der Waals surface area contributed by atoms with Crippen molar-refractivity contribution in [2.75, 3.05) is 0 Å². The highest BCUT2D eigenvalue weighted by Crippen LogP contribution is 2.27. The molecule has 2 aromatic heterocycles. The zero-order valence-corrected chi connectivity index (χ0v) is 11.6. The Bertz CT molecular complexity index is 550. The highest BCUT2D eigenvalue weighted by atomic mass is 15.3. The molecule has 0 bridgehead atoms. The van der Waals surface area contributed by atoms with Crippen LogP contribution in [0.15, 0.2) is 6.07 Å². The molecule has 0 atom stereocenters. The largest absolute Gasteiger partial charge is 0.250 e. The molecule has 2 aromatic rings. The van der Waals surface area contributed by atoms with Crippen molar-refractivity contribution in [3.8, 4) is 0 Å². The summed E-state index contributed by atoms with van der Waals surface area (Å²) in [5.41, 5.74) is 4.59. The van der Waals surface area contributed by atoms with Crippen molar-refractivity contribution in [2.45, 2.75) is 46.5 Å². The minimum Gasteiger partial charge on any atom is -0.250 e. The van der Waals surface area contributed by atoms with Gasteiger partial charge in [-0.2, -0.15) is 5.10 Å². The number of nitrogens with zero attached hydrogens (tertiary/aromatic N) is 3. The van der Waals surface area contributed by atoms with E-state index in [-0.39, 0.29) is 0 Å². The van der Waals surface area contributed by atoms with Crippen LogP contribution in [0.4, 0.5) is 0 Å². The lowest BCUT2D eigenvalue weighted by Gasteiger charge is -2.09. The number of aromatic nitrogens is 3. The van der Waals surface area contributed by atoms with Gasteiger partial charge in [0.1, 0.15) is 0 Å². The summed E-state index contributed by atoms with van der Waals surface area (Å²) in [6.45, 7) is 10.8. The lowest BCUT2D eigenvalue weighted by Crippen LogP contribution is -1.99. The lowest BCUT2D eigenvalue weighted by atomic mass is 10.0. The quantitative estimate of drug-likeness (QED) is 0.791. The summed E-state index contributed by atoms with van der Waals surface area (Å²) < 4.78 is 1.90. The summed E-state index contributed by atoms with van der Waals surface area (Å²) in [5, 5.41) is 5.78. The Morgan fingerprint density at radius 1 is 1.06 bits per heavy atom. The SMILES string of the molecule is Cc1cc2c(C(C)C)nn(C)c2nc1C(C)C. The van der Waals surface area contributed by atoms with Crippen molar-refractivity contribution in [2.24, 2.45) is 7.05 Å². The monoisotopic (exact) mass is 231 g/mol. The van der Waals surface area contributed by atoms with Gasteiger partial charge < -0.3 is 0 Å². The topological polar surface area (TPSA) is 30.7 Å². The fourth-order valence-corrected chi connectivity index (χ4v) is 2.33. The highest BCUT2D eigenvalue weighted by Gasteiger charge is 2.16. The van der Waals surface area contributed by atoms with Gasteiger partial charge in [0.25, 0.3) is 0 Å². The van der Waals surface area contributed by atoms with Gasteiger partial charge in [-0.05, 0) is 30.4 Å². The van der Waals surface area contributed by atoms with Gasteiger partial charge in [-0.25, -0.2) is 4.98 Å². The molecule has 0 saturated heterocycles. The Hall–Kier alpha value is -1.38. The third-order valence-corrected chi connectivity index (χ3v) is 3.17. The number of pyridine rings is 1. The molecule has 0 spiro atoms. The van der Waals surface area contributed by atoms with Gasteiger partial charge >= 0.3 is 0 Å². The molecule has 0 unspecified atom stereocenters. The van der Waals surface area contributed by atoms with Crippen LogP contribution in [0.3, 0.4) is 0 Å². The fraction of sp³-hybridized carbons (Fsp3) is 0.571. The zero-order valence-electron chi connectivity index (χ0n) is 11.6. The first-order valence-corrected chi connectivity index (χ1v) is 6.26. The molecule has 17 heavy (non-hydrogen) atoms. The Labute approximate surface area is 103 Å². The van der Waals surface area contributed by atoms with E-state index in [1.807, 2.05) is 11.7 Å². The van der Waals surface area contributed by atoms with E-state index in [1.54, 1.807) is 0 Å². The molecule has 0 aliphatic carbocycles. The van der Waals surface area contributed by atoms with Gasteiger partial charge in [0.15, 0.2) is 5.65 Å². The third kappa shape index (κ3) is 1.94. The number of rotatable bonds is 2. The van der Waals surface area contributed by atoms with Crippen LogP contribution in [-0.4, -0.2) is 14.8 Å². The van der Waals surface area contributed by atoms with Crippen LogP contribution in [0.5, 0.6) is 0 Å².